The molecule has 0 fully saturated rings. The third kappa shape index (κ3) is 5.91. The number of aromatic nitrogens is 3. The summed E-state index contributed by atoms with van der Waals surface area (Å²) in [7, 11) is 0.316. The van der Waals surface area contributed by atoms with Crippen molar-refractivity contribution in [2.24, 2.45) is 0 Å². The van der Waals surface area contributed by atoms with Crippen LogP contribution in [0.1, 0.15) is 26.5 Å². The minimum atomic E-state index is -0.734. The Morgan fingerprint density at radius 3 is 2.03 bits per heavy atom. The van der Waals surface area contributed by atoms with E-state index in [1.165, 1.54) is 0 Å². The number of nitrogens with zero attached hydrogens (tertiary/aromatic N) is 3. The molecule has 2 aromatic heterocycles. The summed E-state index contributed by atoms with van der Waals surface area (Å²) < 4.78 is 16.6. The summed E-state index contributed by atoms with van der Waals surface area (Å²) in [6.07, 6.45) is -0.734. The van der Waals surface area contributed by atoms with Gasteiger partial charge in [0.25, 0.3) is 0 Å². The number of carbonyl (C=O) groups is 2. The van der Waals surface area contributed by atoms with Crippen LogP contribution in [0, 0.1) is 0 Å². The van der Waals surface area contributed by atoms with Crippen molar-refractivity contribution in [1.82, 2.24) is 15.0 Å². The maximum Gasteiger partial charge on any atom is 0.338 e. The van der Waals surface area contributed by atoms with Gasteiger partial charge < -0.3 is 19.9 Å². The fourth-order valence-corrected chi connectivity index (χ4v) is 3.80. The number of fused-ring (bicyclic) bond motifs is 1. The van der Waals surface area contributed by atoms with E-state index in [2.05, 4.69) is 15.0 Å². The molecule has 9 nitrogen and oxygen atoms in total. The highest BCUT2D eigenvalue weighted by Gasteiger charge is 2.18. The van der Waals surface area contributed by atoms with Crippen molar-refractivity contribution < 1.29 is 23.8 Å². The molecule has 0 aliphatic rings. The van der Waals surface area contributed by atoms with Crippen molar-refractivity contribution in [1.29, 1.82) is 0 Å². The predicted molar refractivity (Wildman–Crippen MR) is 123 cm³/mol. The molecular weight excluding hydrogens is 443 g/mol. The van der Waals surface area contributed by atoms with Crippen LogP contribution in [0.4, 0.5) is 5.82 Å². The summed E-state index contributed by atoms with van der Waals surface area (Å²) in [5, 5.41) is 0.753. The second kappa shape index (κ2) is 10.7. The molecular formula is C23H21N4O5P. The number of benzene rings is 2. The zero-order valence-electron chi connectivity index (χ0n) is 17.5. The highest BCUT2D eigenvalue weighted by molar-refractivity contribution is 7.35. The quantitative estimate of drug-likeness (QED) is 0.371. The number of rotatable bonds is 9. The number of hydrogen-bond donors (Lipinski definition) is 1. The highest BCUT2D eigenvalue weighted by atomic mass is 31.0. The van der Waals surface area contributed by atoms with Crippen LogP contribution in [0.3, 0.4) is 0 Å². The molecule has 4 aromatic rings. The Labute approximate surface area is 191 Å². The standard InChI is InChI=1S/C23H21N4O5P/c24-20-19-21(33-14-25-19)27-18(26-20)13-30-17(11-31-22(28)15-7-3-1-4-8-15)12-32-23(29)16-9-5-2-6-10-16/h1-10,14,17,33H,11-13H2,(H2,24,26,27). The summed E-state index contributed by atoms with van der Waals surface area (Å²) in [6, 6.07) is 17.2. The first-order chi connectivity index (χ1) is 16.1. The lowest BCUT2D eigenvalue weighted by atomic mass is 10.2. The van der Waals surface area contributed by atoms with E-state index in [4.69, 9.17) is 19.9 Å². The van der Waals surface area contributed by atoms with E-state index in [0.717, 1.165) is 5.25 Å². The molecule has 2 aromatic carbocycles. The first-order valence-electron chi connectivity index (χ1n) is 10.1. The third-order valence-electron chi connectivity index (χ3n) is 4.62. The molecule has 1 unspecified atom stereocenters. The maximum atomic E-state index is 12.3. The van der Waals surface area contributed by atoms with Gasteiger partial charge in [0.2, 0.25) is 0 Å². The zero-order valence-corrected chi connectivity index (χ0v) is 18.5. The van der Waals surface area contributed by atoms with Gasteiger partial charge in [-0.3, -0.25) is 0 Å². The molecule has 0 radical (unpaired) electrons. The Balaban J connectivity index is 1.41. The number of carbonyl (C=O) groups excluding carboxylic acids is 2. The second-order valence-electron chi connectivity index (χ2n) is 6.99. The predicted octanol–water partition coefficient (Wildman–Crippen LogP) is 3.24. The van der Waals surface area contributed by atoms with Gasteiger partial charge in [-0.2, -0.15) is 0 Å². The fourth-order valence-electron chi connectivity index (χ4n) is 2.96. The maximum absolute atomic E-state index is 12.3. The molecule has 0 saturated heterocycles. The van der Waals surface area contributed by atoms with Crippen molar-refractivity contribution in [3.63, 3.8) is 0 Å². The molecule has 0 amide bonds. The molecule has 0 bridgehead atoms. The molecule has 1 atom stereocenters. The molecule has 0 aliphatic carbocycles. The van der Waals surface area contributed by atoms with Gasteiger partial charge in [-0.25, -0.2) is 24.5 Å². The lowest BCUT2D eigenvalue weighted by molar-refractivity contribution is -0.0479. The summed E-state index contributed by atoms with van der Waals surface area (Å²) >= 11 is 0. The molecule has 0 spiro atoms. The van der Waals surface area contributed by atoms with E-state index in [0.29, 0.717) is 30.7 Å². The topological polar surface area (TPSA) is 127 Å². The fraction of sp³-hybridized carbons (Fsp3) is 0.174. The van der Waals surface area contributed by atoms with Gasteiger partial charge in [0.15, 0.2) is 11.6 Å². The average molecular weight is 464 g/mol. The molecule has 0 saturated carbocycles. The van der Waals surface area contributed by atoms with E-state index in [9.17, 15) is 9.59 Å². The molecule has 4 rings (SSSR count). The van der Waals surface area contributed by atoms with Crippen LogP contribution in [0.5, 0.6) is 0 Å². The SMILES string of the molecule is Nc1nc(COC(COC(=O)c2ccccc2)COC(=O)c2ccccc2)nc2[pH]cnc12. The number of nitrogens with two attached hydrogens (primary N) is 1. The lowest BCUT2D eigenvalue weighted by Crippen LogP contribution is -2.29. The van der Waals surface area contributed by atoms with Crippen molar-refractivity contribution in [2.75, 3.05) is 18.9 Å². The van der Waals surface area contributed by atoms with Crippen molar-refractivity contribution >= 4 is 36.7 Å². The van der Waals surface area contributed by atoms with Crippen LogP contribution >= 0.6 is 8.19 Å². The van der Waals surface area contributed by atoms with Crippen LogP contribution in [-0.4, -0.2) is 46.2 Å². The largest absolute Gasteiger partial charge is 0.459 e. The van der Waals surface area contributed by atoms with Gasteiger partial charge >= 0.3 is 11.9 Å². The van der Waals surface area contributed by atoms with Gasteiger partial charge in [-0.1, -0.05) is 44.6 Å². The Bertz CT molecular complexity index is 1180. The zero-order chi connectivity index (χ0) is 23.0. The Morgan fingerprint density at radius 1 is 0.879 bits per heavy atom. The van der Waals surface area contributed by atoms with Crippen LogP contribution in [0.25, 0.3) is 10.8 Å². The average Bonchev–Trinajstić information content (AvgIpc) is 3.33. The molecule has 2 N–H and O–H groups in total. The number of hydrogen-bond acceptors (Lipinski definition) is 9. The van der Waals surface area contributed by atoms with E-state index in [-0.39, 0.29) is 25.6 Å². The summed E-state index contributed by atoms with van der Waals surface area (Å²) in [5.74, 6) is 1.39. The van der Waals surface area contributed by atoms with Gasteiger partial charge in [-0.05, 0) is 24.3 Å². The molecule has 168 valence electrons. The minimum absolute atomic E-state index is 0.00159. The van der Waals surface area contributed by atoms with Crippen LogP contribution < -0.4 is 5.73 Å². The Kier molecular flexibility index (Phi) is 7.24. The van der Waals surface area contributed by atoms with E-state index >= 15 is 0 Å². The Morgan fingerprint density at radius 2 is 1.45 bits per heavy atom. The van der Waals surface area contributed by atoms with Gasteiger partial charge in [0.05, 0.1) is 11.1 Å². The monoisotopic (exact) mass is 464 g/mol. The lowest BCUT2D eigenvalue weighted by Gasteiger charge is -2.18. The van der Waals surface area contributed by atoms with Gasteiger partial charge in [0, 0.05) is 5.93 Å². The number of esters is 2. The highest BCUT2D eigenvalue weighted by Crippen LogP contribution is 2.23. The van der Waals surface area contributed by atoms with E-state index < -0.39 is 18.0 Å². The third-order valence-corrected chi connectivity index (χ3v) is 5.50. The summed E-state index contributed by atoms with van der Waals surface area (Å²) in [5.41, 5.74) is 7.36. The first-order valence-corrected chi connectivity index (χ1v) is 11.2. The van der Waals surface area contributed by atoms with Crippen LogP contribution in [0.2, 0.25) is 0 Å². The van der Waals surface area contributed by atoms with Crippen LogP contribution in [0.15, 0.2) is 66.6 Å². The van der Waals surface area contributed by atoms with Crippen molar-refractivity contribution in [3.8, 4) is 0 Å². The minimum Gasteiger partial charge on any atom is -0.459 e. The second-order valence-corrected chi connectivity index (χ2v) is 8.01. The number of nitrogen functional groups attached to an aromatic ring is 1. The summed E-state index contributed by atoms with van der Waals surface area (Å²) in [6.45, 7) is -0.249. The molecule has 2 heterocycles. The van der Waals surface area contributed by atoms with Crippen molar-refractivity contribution in [3.05, 3.63) is 83.5 Å². The summed E-state index contributed by atoms with van der Waals surface area (Å²) in [4.78, 5) is 37.5. The number of ether oxygens (including phenoxy) is 3. The van der Waals surface area contributed by atoms with Crippen molar-refractivity contribution in [2.45, 2.75) is 12.7 Å². The van der Waals surface area contributed by atoms with E-state index in [1.807, 2.05) is 0 Å². The van der Waals surface area contributed by atoms with E-state index in [1.54, 1.807) is 66.6 Å². The molecule has 10 heteroatoms. The molecule has 33 heavy (non-hydrogen) atoms. The smallest absolute Gasteiger partial charge is 0.338 e. The van der Waals surface area contributed by atoms with Gasteiger partial charge in [-0.15, -0.1) is 0 Å². The van der Waals surface area contributed by atoms with Gasteiger partial charge in [0.1, 0.15) is 36.7 Å². The normalized spacial score (nSPS) is 11.2. The Hall–Kier alpha value is -3.81. The van der Waals surface area contributed by atoms with Crippen LogP contribution in [-0.2, 0) is 20.8 Å². The molecule has 0 aliphatic heterocycles. The first kappa shape index (κ1) is 22.4. The number of anilines is 1.